The molecule has 138 valence electrons. The van der Waals surface area contributed by atoms with Gasteiger partial charge in [0.25, 0.3) is 0 Å². The molecular weight excluding hydrogens is 372 g/mol. The molecule has 1 heterocycles. The average molecular weight is 389 g/mol. The second kappa shape index (κ2) is 8.06. The molecule has 3 aromatic carbocycles. The molecule has 0 bridgehead atoms. The molecule has 0 amide bonds. The number of halogens is 1. The first-order valence-electron chi connectivity index (χ1n) is 8.69. The predicted octanol–water partition coefficient (Wildman–Crippen LogP) is 5.40. The quantitative estimate of drug-likeness (QED) is 0.367. The molecule has 0 atom stereocenters. The van der Waals surface area contributed by atoms with Crippen molar-refractivity contribution in [1.82, 2.24) is 9.97 Å². The highest BCUT2D eigenvalue weighted by Gasteiger charge is 2.10. The summed E-state index contributed by atoms with van der Waals surface area (Å²) in [5.74, 6) is 1.22. The van der Waals surface area contributed by atoms with Crippen molar-refractivity contribution in [2.24, 2.45) is 5.10 Å². The molecule has 0 spiro atoms. The summed E-state index contributed by atoms with van der Waals surface area (Å²) in [4.78, 5) is 9.20. The number of hydrogen-bond donors (Lipinski definition) is 1. The molecular formula is C22H17ClN4O. The smallest absolute Gasteiger partial charge is 0.244 e. The Kier molecular flexibility index (Phi) is 5.17. The third-order valence-corrected chi connectivity index (χ3v) is 4.43. The van der Waals surface area contributed by atoms with Crippen molar-refractivity contribution in [1.29, 1.82) is 0 Å². The monoisotopic (exact) mass is 388 g/mol. The zero-order valence-electron chi connectivity index (χ0n) is 15.1. The van der Waals surface area contributed by atoms with Crippen molar-refractivity contribution in [2.75, 3.05) is 12.5 Å². The van der Waals surface area contributed by atoms with Gasteiger partial charge in [0, 0.05) is 16.0 Å². The van der Waals surface area contributed by atoms with Gasteiger partial charge in [0.05, 0.1) is 24.5 Å². The predicted molar refractivity (Wildman–Crippen MR) is 114 cm³/mol. The molecule has 0 unspecified atom stereocenters. The van der Waals surface area contributed by atoms with Gasteiger partial charge in [-0.25, -0.2) is 15.4 Å². The maximum atomic E-state index is 6.19. The molecule has 0 aliphatic carbocycles. The molecule has 4 aromatic rings. The fourth-order valence-electron chi connectivity index (χ4n) is 2.82. The number of benzene rings is 3. The van der Waals surface area contributed by atoms with E-state index in [1.54, 1.807) is 13.3 Å². The lowest BCUT2D eigenvalue weighted by Gasteiger charge is -2.09. The SMILES string of the molecule is COc1ccc(C=NNc2nc(-c3ccccc3)c3cc(Cl)ccc3n2)cc1. The summed E-state index contributed by atoms with van der Waals surface area (Å²) in [7, 11) is 1.64. The summed E-state index contributed by atoms with van der Waals surface area (Å²) in [6.45, 7) is 0. The standard InChI is InChI=1S/C22H17ClN4O/c1-28-18-10-7-15(8-11-18)14-24-27-22-25-20-12-9-17(23)13-19(20)21(26-22)16-5-3-2-4-6-16/h2-14H,1H3,(H,25,26,27). The van der Waals surface area contributed by atoms with E-state index >= 15 is 0 Å². The van der Waals surface area contributed by atoms with Gasteiger partial charge in [-0.3, -0.25) is 0 Å². The second-order valence-corrected chi connectivity index (χ2v) is 6.50. The summed E-state index contributed by atoms with van der Waals surface area (Å²) in [5, 5.41) is 5.80. The molecule has 4 rings (SSSR count). The van der Waals surface area contributed by atoms with Crippen LogP contribution in [0.1, 0.15) is 5.56 Å². The van der Waals surface area contributed by atoms with Crippen LogP contribution in [0.15, 0.2) is 77.9 Å². The third kappa shape index (κ3) is 3.94. The third-order valence-electron chi connectivity index (χ3n) is 4.20. The van der Waals surface area contributed by atoms with E-state index in [4.69, 9.17) is 16.3 Å². The topological polar surface area (TPSA) is 59.4 Å². The number of methoxy groups -OCH3 is 1. The molecule has 5 nitrogen and oxygen atoms in total. The Hall–Kier alpha value is -3.44. The molecule has 1 aromatic heterocycles. The Morgan fingerprint density at radius 3 is 2.50 bits per heavy atom. The first-order valence-corrected chi connectivity index (χ1v) is 9.06. The van der Waals surface area contributed by atoms with E-state index in [2.05, 4.69) is 20.5 Å². The van der Waals surface area contributed by atoms with E-state index < -0.39 is 0 Å². The van der Waals surface area contributed by atoms with Gasteiger partial charge < -0.3 is 4.74 Å². The summed E-state index contributed by atoms with van der Waals surface area (Å²) in [6.07, 6.45) is 1.71. The average Bonchev–Trinajstić information content (AvgIpc) is 2.74. The van der Waals surface area contributed by atoms with Crippen LogP contribution in [0.25, 0.3) is 22.2 Å². The van der Waals surface area contributed by atoms with Crippen LogP contribution in [-0.2, 0) is 0 Å². The van der Waals surface area contributed by atoms with Crippen LogP contribution in [0.5, 0.6) is 5.75 Å². The van der Waals surface area contributed by atoms with Gasteiger partial charge in [-0.2, -0.15) is 5.10 Å². The highest BCUT2D eigenvalue weighted by atomic mass is 35.5. The van der Waals surface area contributed by atoms with Gasteiger partial charge in [-0.1, -0.05) is 41.9 Å². The first kappa shape index (κ1) is 17.9. The number of fused-ring (bicyclic) bond motifs is 1. The van der Waals surface area contributed by atoms with E-state index in [9.17, 15) is 0 Å². The van der Waals surface area contributed by atoms with Crippen molar-refractivity contribution >= 4 is 34.7 Å². The van der Waals surface area contributed by atoms with E-state index in [0.717, 1.165) is 33.5 Å². The van der Waals surface area contributed by atoms with Crippen molar-refractivity contribution in [3.8, 4) is 17.0 Å². The van der Waals surface area contributed by atoms with Crippen molar-refractivity contribution in [2.45, 2.75) is 0 Å². The highest BCUT2D eigenvalue weighted by molar-refractivity contribution is 6.31. The van der Waals surface area contributed by atoms with Gasteiger partial charge in [0.15, 0.2) is 0 Å². The molecule has 0 saturated carbocycles. The minimum atomic E-state index is 0.415. The summed E-state index contributed by atoms with van der Waals surface area (Å²) in [6, 6.07) is 23.1. The van der Waals surface area contributed by atoms with Crippen LogP contribution < -0.4 is 10.2 Å². The highest BCUT2D eigenvalue weighted by Crippen LogP contribution is 2.29. The van der Waals surface area contributed by atoms with Crippen LogP contribution in [-0.4, -0.2) is 23.3 Å². The van der Waals surface area contributed by atoms with E-state index in [1.165, 1.54) is 0 Å². The minimum absolute atomic E-state index is 0.415. The number of rotatable bonds is 5. The Balaban J connectivity index is 1.67. The summed E-state index contributed by atoms with van der Waals surface area (Å²) < 4.78 is 5.16. The lowest BCUT2D eigenvalue weighted by Crippen LogP contribution is -2.00. The number of ether oxygens (including phenoxy) is 1. The number of nitrogens with zero attached hydrogens (tertiary/aromatic N) is 3. The largest absolute Gasteiger partial charge is 0.497 e. The van der Waals surface area contributed by atoms with E-state index in [1.807, 2.05) is 72.8 Å². The molecule has 0 aliphatic rings. The normalized spacial score (nSPS) is 11.1. The van der Waals surface area contributed by atoms with Gasteiger partial charge in [0.1, 0.15) is 5.75 Å². The molecule has 1 N–H and O–H groups in total. The molecule has 0 aliphatic heterocycles. The number of anilines is 1. The Morgan fingerprint density at radius 1 is 0.964 bits per heavy atom. The van der Waals surface area contributed by atoms with Crippen LogP contribution in [0.2, 0.25) is 5.02 Å². The van der Waals surface area contributed by atoms with Crippen molar-refractivity contribution in [3.05, 3.63) is 83.4 Å². The Labute approximate surface area is 167 Å². The number of hydrogen-bond acceptors (Lipinski definition) is 5. The molecule has 28 heavy (non-hydrogen) atoms. The maximum Gasteiger partial charge on any atom is 0.244 e. The maximum absolute atomic E-state index is 6.19. The van der Waals surface area contributed by atoms with Gasteiger partial charge in [-0.15, -0.1) is 0 Å². The van der Waals surface area contributed by atoms with E-state index in [-0.39, 0.29) is 0 Å². The number of hydrazone groups is 1. The molecule has 0 saturated heterocycles. The minimum Gasteiger partial charge on any atom is -0.497 e. The second-order valence-electron chi connectivity index (χ2n) is 6.07. The molecule has 0 radical (unpaired) electrons. The van der Waals surface area contributed by atoms with Crippen LogP contribution >= 0.6 is 11.6 Å². The van der Waals surface area contributed by atoms with Gasteiger partial charge in [-0.05, 0) is 48.0 Å². The van der Waals surface area contributed by atoms with Crippen LogP contribution in [0.3, 0.4) is 0 Å². The Bertz CT molecular complexity index is 1130. The lowest BCUT2D eigenvalue weighted by molar-refractivity contribution is 0.415. The van der Waals surface area contributed by atoms with E-state index in [0.29, 0.717) is 11.0 Å². The van der Waals surface area contributed by atoms with Crippen molar-refractivity contribution in [3.63, 3.8) is 0 Å². The summed E-state index contributed by atoms with van der Waals surface area (Å²) in [5.41, 5.74) is 6.43. The molecule has 0 fully saturated rings. The molecule has 6 heteroatoms. The van der Waals surface area contributed by atoms with Gasteiger partial charge in [0.2, 0.25) is 5.95 Å². The zero-order valence-corrected chi connectivity index (χ0v) is 15.9. The van der Waals surface area contributed by atoms with Gasteiger partial charge >= 0.3 is 0 Å². The van der Waals surface area contributed by atoms with Crippen LogP contribution in [0.4, 0.5) is 5.95 Å². The number of aromatic nitrogens is 2. The fraction of sp³-hybridized carbons (Fsp3) is 0.0455. The van der Waals surface area contributed by atoms with Crippen LogP contribution in [0, 0.1) is 0 Å². The fourth-order valence-corrected chi connectivity index (χ4v) is 2.99. The van der Waals surface area contributed by atoms with Crippen molar-refractivity contribution < 1.29 is 4.74 Å². The lowest BCUT2D eigenvalue weighted by atomic mass is 10.1. The first-order chi connectivity index (χ1) is 13.7. The summed E-state index contributed by atoms with van der Waals surface area (Å²) >= 11 is 6.19. The number of nitrogens with one attached hydrogen (secondary N) is 1. The zero-order chi connectivity index (χ0) is 19.3. The Morgan fingerprint density at radius 2 is 1.75 bits per heavy atom.